The van der Waals surface area contributed by atoms with Gasteiger partial charge in [-0.3, -0.25) is 0 Å². The molecule has 3 heteroatoms. The molecule has 0 radical (unpaired) electrons. The molecule has 0 atom stereocenters. The lowest BCUT2D eigenvalue weighted by molar-refractivity contribution is 0.398. The number of aryl methyl sites for hydroxylation is 2. The number of fused-ring (bicyclic) bond motifs is 3. The fraction of sp³-hybridized carbons (Fsp3) is 0.264. The van der Waals surface area contributed by atoms with Gasteiger partial charge in [0.1, 0.15) is 0 Å². The van der Waals surface area contributed by atoms with Crippen molar-refractivity contribution in [3.63, 3.8) is 0 Å². The molecule has 0 saturated heterocycles. The molecule has 0 spiro atoms. The van der Waals surface area contributed by atoms with E-state index in [0.29, 0.717) is 11.4 Å². The molecule has 0 amide bonds. The molecule has 0 saturated carbocycles. The number of aromatic nitrogens is 2. The average molecular weight is 978 g/mol. The van der Waals surface area contributed by atoms with E-state index >= 15 is 0 Å². The van der Waals surface area contributed by atoms with Gasteiger partial charge in [0.15, 0.2) is 5.82 Å². The van der Waals surface area contributed by atoms with Gasteiger partial charge < -0.3 is 0 Å². The van der Waals surface area contributed by atoms with E-state index in [1.165, 1.54) is 140 Å². The maximum Gasteiger partial charge on any atom is 0.160 e. The highest BCUT2D eigenvalue weighted by Gasteiger charge is 2.42. The van der Waals surface area contributed by atoms with Crippen molar-refractivity contribution in [2.75, 3.05) is 0 Å². The summed E-state index contributed by atoms with van der Waals surface area (Å²) in [6.07, 6.45) is 17.9. The molecule has 0 unspecified atom stereocenters. The first-order valence-electron chi connectivity index (χ1n) is 28.0. The van der Waals surface area contributed by atoms with Gasteiger partial charge in [0.05, 0.1) is 23.0 Å². The van der Waals surface area contributed by atoms with Gasteiger partial charge in [0, 0.05) is 22.1 Å². The molecule has 1 aliphatic carbocycles. The van der Waals surface area contributed by atoms with Crippen molar-refractivity contribution in [1.82, 2.24) is 9.97 Å². The summed E-state index contributed by atoms with van der Waals surface area (Å²) in [6, 6.07) is 70.8. The Morgan fingerprint density at radius 1 is 0.360 bits per heavy atom. The van der Waals surface area contributed by atoms with E-state index in [2.05, 4.69) is 191 Å². The molecule has 9 aromatic rings. The van der Waals surface area contributed by atoms with E-state index in [1.54, 1.807) is 5.56 Å². The molecule has 10 rings (SSSR count). The summed E-state index contributed by atoms with van der Waals surface area (Å²) in [7, 11) is 0. The molecule has 0 bridgehead atoms. The third kappa shape index (κ3) is 11.5. The Morgan fingerprint density at radius 2 is 0.800 bits per heavy atom. The first-order valence-corrected chi connectivity index (χ1v) is 28.0. The van der Waals surface area contributed by atoms with E-state index in [9.17, 15) is 5.26 Å². The van der Waals surface area contributed by atoms with Gasteiger partial charge in [0.25, 0.3) is 0 Å². The Hall–Kier alpha value is -7.67. The van der Waals surface area contributed by atoms with Gasteiger partial charge >= 0.3 is 0 Å². The highest BCUT2D eigenvalue weighted by Crippen LogP contribution is 2.55. The smallest absolute Gasteiger partial charge is 0.160 e. The van der Waals surface area contributed by atoms with E-state index in [-0.39, 0.29) is 5.41 Å². The first kappa shape index (κ1) is 50.8. The summed E-state index contributed by atoms with van der Waals surface area (Å²) in [5.41, 5.74) is 23.1. The van der Waals surface area contributed by atoms with Gasteiger partial charge in [-0.1, -0.05) is 242 Å². The second kappa shape index (κ2) is 23.7. The van der Waals surface area contributed by atoms with Crippen LogP contribution >= 0.6 is 0 Å². The second-order valence-corrected chi connectivity index (χ2v) is 21.3. The maximum atomic E-state index is 9.77. The van der Waals surface area contributed by atoms with Gasteiger partial charge in [-0.25, -0.2) is 9.97 Å². The molecule has 1 aliphatic rings. The minimum atomic E-state index is -0.0256. The van der Waals surface area contributed by atoms with Gasteiger partial charge in [-0.05, 0) is 142 Å². The highest BCUT2D eigenvalue weighted by molar-refractivity contribution is 5.87. The quantitative estimate of drug-likeness (QED) is 0.0674. The molecule has 1 heterocycles. The predicted molar refractivity (Wildman–Crippen MR) is 316 cm³/mol. The van der Waals surface area contributed by atoms with Crippen molar-refractivity contribution in [1.29, 1.82) is 5.26 Å². The number of benzene rings is 8. The lowest BCUT2D eigenvalue weighted by Gasteiger charge is -2.33. The molecule has 0 aliphatic heterocycles. The van der Waals surface area contributed by atoms with Gasteiger partial charge in [-0.15, -0.1) is 0 Å². The van der Waals surface area contributed by atoms with E-state index in [0.717, 1.165) is 50.3 Å². The van der Waals surface area contributed by atoms with Crippen LogP contribution < -0.4 is 0 Å². The fourth-order valence-electron chi connectivity index (χ4n) is 11.6. The van der Waals surface area contributed by atoms with Crippen LogP contribution in [0, 0.1) is 25.2 Å². The maximum absolute atomic E-state index is 9.77. The number of hydrogen-bond donors (Lipinski definition) is 0. The zero-order valence-electron chi connectivity index (χ0n) is 44.6. The lowest BCUT2D eigenvalue weighted by Crippen LogP contribution is -2.25. The van der Waals surface area contributed by atoms with Crippen molar-refractivity contribution in [2.45, 2.75) is 123 Å². The Kier molecular flexibility index (Phi) is 16.1. The molecule has 3 nitrogen and oxygen atoms in total. The van der Waals surface area contributed by atoms with Crippen molar-refractivity contribution in [3.8, 4) is 95.6 Å². The largest absolute Gasteiger partial charge is 0.228 e. The molecule has 75 heavy (non-hydrogen) atoms. The Balaban J connectivity index is 1.06. The van der Waals surface area contributed by atoms with Crippen LogP contribution in [0.5, 0.6) is 0 Å². The third-order valence-corrected chi connectivity index (χ3v) is 15.9. The van der Waals surface area contributed by atoms with Crippen LogP contribution in [0.15, 0.2) is 188 Å². The van der Waals surface area contributed by atoms with E-state index < -0.39 is 0 Å². The topological polar surface area (TPSA) is 49.6 Å². The highest BCUT2D eigenvalue weighted by atomic mass is 14.9. The predicted octanol–water partition coefficient (Wildman–Crippen LogP) is 20.4. The number of unbranched alkanes of at least 4 members (excludes halogenated alkanes) is 10. The summed E-state index contributed by atoms with van der Waals surface area (Å²) < 4.78 is 0. The summed E-state index contributed by atoms with van der Waals surface area (Å²) in [6.45, 7) is 9.02. The Labute approximate surface area is 447 Å². The minimum Gasteiger partial charge on any atom is -0.228 e. The number of nitrogens with zero attached hydrogens (tertiary/aromatic N) is 3. The van der Waals surface area contributed by atoms with Crippen LogP contribution in [0.4, 0.5) is 0 Å². The number of rotatable bonds is 21. The summed E-state index contributed by atoms with van der Waals surface area (Å²) in [5.74, 6) is 0.694. The molecule has 0 N–H and O–H groups in total. The zero-order valence-corrected chi connectivity index (χ0v) is 44.6. The van der Waals surface area contributed by atoms with Crippen LogP contribution in [0.25, 0.3) is 89.5 Å². The SMILES string of the molecule is CCCCCCCCC1(CCCCCCCC)c2cc(C)ccc2-c2ccc(-c3cc(-c4ccc(C#N)cc4)cc(-c4cccc(-c5cc(-c6ccc(-c7ccc(C)cc7)cc6)nc(-c6ccccc6)n5)c4)c3)cc21. The fourth-order valence-corrected chi connectivity index (χ4v) is 11.6. The molecule has 1 aromatic heterocycles. The van der Waals surface area contributed by atoms with Crippen LogP contribution in [0.1, 0.15) is 132 Å². The van der Waals surface area contributed by atoms with Crippen LogP contribution in [-0.2, 0) is 5.41 Å². The minimum absolute atomic E-state index is 0.0256. The molecule has 8 aromatic carbocycles. The van der Waals surface area contributed by atoms with Crippen LogP contribution in [-0.4, -0.2) is 9.97 Å². The van der Waals surface area contributed by atoms with Crippen molar-refractivity contribution in [2.24, 2.45) is 0 Å². The van der Waals surface area contributed by atoms with Crippen molar-refractivity contribution in [3.05, 3.63) is 216 Å². The third-order valence-electron chi connectivity index (χ3n) is 15.9. The molecule has 0 fully saturated rings. The Morgan fingerprint density at radius 3 is 1.43 bits per heavy atom. The van der Waals surface area contributed by atoms with E-state index in [4.69, 9.17) is 9.97 Å². The number of hydrogen-bond acceptors (Lipinski definition) is 3. The van der Waals surface area contributed by atoms with Crippen molar-refractivity contribution >= 4 is 0 Å². The average Bonchev–Trinajstić information content (AvgIpc) is 3.74. The van der Waals surface area contributed by atoms with Crippen LogP contribution in [0.3, 0.4) is 0 Å². The summed E-state index contributed by atoms with van der Waals surface area (Å²) >= 11 is 0. The lowest BCUT2D eigenvalue weighted by atomic mass is 9.70. The Bertz CT molecular complexity index is 3400. The van der Waals surface area contributed by atoms with Crippen molar-refractivity contribution < 1.29 is 0 Å². The standard InChI is InChI=1S/C72H71N3/c1-5-7-9-11-13-18-41-72(42-19-14-12-10-8-6-2)67-43-52(4)27-39-65(67)66-40-38-60(48-68(66)72)64-46-62(56-32-28-53(50-73)29-33-56)45-63(47-64)59-23-20-24-61(44-59)70-49-69(74-71(75-70)58-21-16-15-17-22-58)57-36-34-55(35-37-57)54-30-25-51(3)26-31-54/h15-17,20-40,43-49H,5-14,18-19,41-42H2,1-4H3. The first-order chi connectivity index (χ1) is 36.8. The zero-order chi connectivity index (χ0) is 51.6. The molecular weight excluding hydrogens is 907 g/mol. The second-order valence-electron chi connectivity index (χ2n) is 21.3. The van der Waals surface area contributed by atoms with Gasteiger partial charge in [-0.2, -0.15) is 5.26 Å². The number of nitriles is 1. The normalized spacial score (nSPS) is 12.3. The monoisotopic (exact) mass is 978 g/mol. The molecule has 374 valence electrons. The molecular formula is C72H71N3. The summed E-state index contributed by atoms with van der Waals surface area (Å²) in [5, 5.41) is 9.77. The van der Waals surface area contributed by atoms with Gasteiger partial charge in [0.2, 0.25) is 0 Å². The van der Waals surface area contributed by atoms with Crippen LogP contribution in [0.2, 0.25) is 0 Å². The van der Waals surface area contributed by atoms with E-state index in [1.807, 2.05) is 30.3 Å². The summed E-state index contributed by atoms with van der Waals surface area (Å²) in [4.78, 5) is 10.4.